The van der Waals surface area contributed by atoms with Gasteiger partial charge < -0.3 is 5.73 Å². The molecule has 2 N–H and O–H groups in total. The second kappa shape index (κ2) is 4.71. The van der Waals surface area contributed by atoms with Crippen LogP contribution in [0.15, 0.2) is 0 Å². The Bertz CT molecular complexity index is 298. The molecule has 4 saturated carbocycles. The Morgan fingerprint density at radius 3 is 1.84 bits per heavy atom. The summed E-state index contributed by atoms with van der Waals surface area (Å²) < 4.78 is 0. The van der Waals surface area contributed by atoms with E-state index in [-0.39, 0.29) is 0 Å². The Balaban J connectivity index is 1.45. The van der Waals surface area contributed by atoms with Crippen LogP contribution < -0.4 is 5.73 Å². The predicted molar refractivity (Wildman–Crippen MR) is 78.0 cm³/mol. The molecular formula is C16H29N3. The summed E-state index contributed by atoms with van der Waals surface area (Å²) in [7, 11) is 0. The van der Waals surface area contributed by atoms with E-state index in [1.54, 1.807) is 19.3 Å². The molecule has 4 aliphatic carbocycles. The number of nitrogens with two attached hydrogens (primary N) is 1. The first-order valence-electron chi connectivity index (χ1n) is 8.45. The molecule has 1 heterocycles. The largest absolute Gasteiger partial charge is 0.329 e. The van der Waals surface area contributed by atoms with Crippen molar-refractivity contribution in [1.29, 1.82) is 0 Å². The number of rotatable bonds is 3. The zero-order valence-electron chi connectivity index (χ0n) is 12.2. The molecule has 5 rings (SSSR count). The molecule has 1 saturated heterocycles. The fraction of sp³-hybridized carbons (Fsp3) is 1.00. The number of hydrogen-bond acceptors (Lipinski definition) is 3. The highest BCUT2D eigenvalue weighted by molar-refractivity contribution is 5.08. The SMILES string of the molecule is NCCN1CCN(C23CC4CC(CC(C4)C2)C3)CC1. The molecular weight excluding hydrogens is 234 g/mol. The van der Waals surface area contributed by atoms with Crippen molar-refractivity contribution in [3.8, 4) is 0 Å². The Hall–Kier alpha value is -0.120. The highest BCUT2D eigenvalue weighted by atomic mass is 15.3. The number of hydrogen-bond donors (Lipinski definition) is 1. The highest BCUT2D eigenvalue weighted by Crippen LogP contribution is 2.57. The molecule has 0 aromatic rings. The van der Waals surface area contributed by atoms with Crippen LogP contribution in [-0.2, 0) is 0 Å². The summed E-state index contributed by atoms with van der Waals surface area (Å²) in [6, 6.07) is 0. The van der Waals surface area contributed by atoms with Gasteiger partial charge in [0.25, 0.3) is 0 Å². The zero-order chi connectivity index (χ0) is 12.9. The normalized spacial score (nSPS) is 46.9. The summed E-state index contributed by atoms with van der Waals surface area (Å²) in [4.78, 5) is 5.45. The highest BCUT2D eigenvalue weighted by Gasteiger charge is 2.53. The fourth-order valence-corrected chi connectivity index (χ4v) is 6.08. The Labute approximate surface area is 117 Å². The second-order valence-electron chi connectivity index (χ2n) is 7.76. The maximum Gasteiger partial charge on any atom is 0.0218 e. The van der Waals surface area contributed by atoms with Crippen molar-refractivity contribution >= 4 is 0 Å². The van der Waals surface area contributed by atoms with Crippen LogP contribution in [0.1, 0.15) is 38.5 Å². The van der Waals surface area contributed by atoms with Gasteiger partial charge in [-0.05, 0) is 56.3 Å². The van der Waals surface area contributed by atoms with Crippen molar-refractivity contribution in [2.24, 2.45) is 23.5 Å². The molecule has 0 amide bonds. The van der Waals surface area contributed by atoms with E-state index in [2.05, 4.69) is 9.80 Å². The molecule has 0 aromatic carbocycles. The summed E-state index contributed by atoms with van der Waals surface area (Å²) in [5.74, 6) is 3.23. The van der Waals surface area contributed by atoms with E-state index >= 15 is 0 Å². The monoisotopic (exact) mass is 263 g/mol. The van der Waals surface area contributed by atoms with Gasteiger partial charge in [-0.3, -0.25) is 9.80 Å². The van der Waals surface area contributed by atoms with Crippen LogP contribution in [0.5, 0.6) is 0 Å². The Morgan fingerprint density at radius 1 is 0.842 bits per heavy atom. The first-order chi connectivity index (χ1) is 9.27. The van der Waals surface area contributed by atoms with Crippen molar-refractivity contribution in [3.05, 3.63) is 0 Å². The van der Waals surface area contributed by atoms with Crippen LogP contribution in [0.3, 0.4) is 0 Å². The van der Waals surface area contributed by atoms with E-state index in [9.17, 15) is 0 Å². The zero-order valence-corrected chi connectivity index (χ0v) is 12.2. The van der Waals surface area contributed by atoms with Crippen LogP contribution in [0.25, 0.3) is 0 Å². The lowest BCUT2D eigenvalue weighted by atomic mass is 9.52. The molecule has 0 radical (unpaired) electrons. The van der Waals surface area contributed by atoms with Crippen molar-refractivity contribution in [2.45, 2.75) is 44.1 Å². The first kappa shape index (κ1) is 12.6. The van der Waals surface area contributed by atoms with E-state index in [0.29, 0.717) is 5.54 Å². The molecule has 0 spiro atoms. The molecule has 4 bridgehead atoms. The van der Waals surface area contributed by atoms with Gasteiger partial charge in [-0.1, -0.05) is 0 Å². The fourth-order valence-electron chi connectivity index (χ4n) is 6.08. The Morgan fingerprint density at radius 2 is 1.37 bits per heavy atom. The maximum atomic E-state index is 5.69. The van der Waals surface area contributed by atoms with Crippen LogP contribution in [0.4, 0.5) is 0 Å². The molecule has 3 heteroatoms. The minimum atomic E-state index is 0.629. The van der Waals surface area contributed by atoms with Gasteiger partial charge in [-0.25, -0.2) is 0 Å². The average molecular weight is 263 g/mol. The first-order valence-corrected chi connectivity index (χ1v) is 8.45. The molecule has 0 unspecified atom stereocenters. The lowest BCUT2D eigenvalue weighted by Crippen LogP contribution is -2.64. The predicted octanol–water partition coefficient (Wildman–Crippen LogP) is 1.53. The quantitative estimate of drug-likeness (QED) is 0.838. The van der Waals surface area contributed by atoms with Crippen LogP contribution in [-0.4, -0.2) is 54.6 Å². The van der Waals surface area contributed by atoms with Gasteiger partial charge in [0.1, 0.15) is 0 Å². The molecule has 1 aliphatic heterocycles. The lowest BCUT2D eigenvalue weighted by molar-refractivity contribution is -0.101. The van der Waals surface area contributed by atoms with Crippen molar-refractivity contribution in [1.82, 2.24) is 9.80 Å². The third kappa shape index (κ3) is 2.14. The molecule has 19 heavy (non-hydrogen) atoms. The molecule has 108 valence electrons. The summed E-state index contributed by atoms with van der Waals surface area (Å²) in [6.45, 7) is 7.00. The van der Waals surface area contributed by atoms with Gasteiger partial charge in [0.15, 0.2) is 0 Å². The smallest absolute Gasteiger partial charge is 0.0218 e. The minimum absolute atomic E-state index is 0.629. The molecule has 5 aliphatic rings. The van der Waals surface area contributed by atoms with Gasteiger partial charge in [0, 0.05) is 44.8 Å². The standard InChI is InChI=1S/C16H29N3/c17-1-2-18-3-5-19(6-4-18)16-10-13-7-14(11-16)9-15(8-13)12-16/h13-15H,1-12,17H2. The van der Waals surface area contributed by atoms with E-state index in [1.165, 1.54) is 45.4 Å². The van der Waals surface area contributed by atoms with E-state index in [4.69, 9.17) is 5.73 Å². The number of piperazine rings is 1. The summed E-state index contributed by atoms with van der Waals surface area (Å²) in [5, 5.41) is 0. The Kier molecular flexibility index (Phi) is 3.13. The van der Waals surface area contributed by atoms with Crippen molar-refractivity contribution in [2.75, 3.05) is 39.3 Å². The molecule has 3 nitrogen and oxygen atoms in total. The molecule has 5 fully saturated rings. The summed E-state index contributed by atoms with van der Waals surface area (Å²) in [6.07, 6.45) is 9.26. The molecule has 0 atom stereocenters. The average Bonchev–Trinajstić information content (AvgIpc) is 2.38. The van der Waals surface area contributed by atoms with Crippen LogP contribution >= 0.6 is 0 Å². The third-order valence-corrected chi connectivity index (χ3v) is 6.49. The van der Waals surface area contributed by atoms with Gasteiger partial charge >= 0.3 is 0 Å². The molecule has 0 aromatic heterocycles. The summed E-state index contributed by atoms with van der Waals surface area (Å²) >= 11 is 0. The van der Waals surface area contributed by atoms with Crippen LogP contribution in [0.2, 0.25) is 0 Å². The van der Waals surface area contributed by atoms with Crippen molar-refractivity contribution in [3.63, 3.8) is 0 Å². The number of nitrogens with zero attached hydrogens (tertiary/aromatic N) is 2. The lowest BCUT2D eigenvalue weighted by Gasteiger charge is -2.61. The maximum absolute atomic E-state index is 5.69. The third-order valence-electron chi connectivity index (χ3n) is 6.49. The summed E-state index contributed by atoms with van der Waals surface area (Å²) in [5.41, 5.74) is 6.31. The van der Waals surface area contributed by atoms with Gasteiger partial charge in [0.2, 0.25) is 0 Å². The second-order valence-corrected chi connectivity index (χ2v) is 7.76. The minimum Gasteiger partial charge on any atom is -0.329 e. The topological polar surface area (TPSA) is 32.5 Å². The van der Waals surface area contributed by atoms with Crippen LogP contribution in [0, 0.1) is 17.8 Å². The van der Waals surface area contributed by atoms with Gasteiger partial charge in [-0.15, -0.1) is 0 Å². The van der Waals surface area contributed by atoms with E-state index in [0.717, 1.165) is 30.8 Å². The van der Waals surface area contributed by atoms with E-state index in [1.807, 2.05) is 0 Å². The van der Waals surface area contributed by atoms with E-state index < -0.39 is 0 Å². The van der Waals surface area contributed by atoms with Gasteiger partial charge in [0.05, 0.1) is 0 Å². The van der Waals surface area contributed by atoms with Gasteiger partial charge in [-0.2, -0.15) is 0 Å². The van der Waals surface area contributed by atoms with Crippen molar-refractivity contribution < 1.29 is 0 Å².